The summed E-state index contributed by atoms with van der Waals surface area (Å²) in [6, 6.07) is 0. The summed E-state index contributed by atoms with van der Waals surface area (Å²) in [5.41, 5.74) is -4.00. The van der Waals surface area contributed by atoms with E-state index in [9.17, 15) is 35.5 Å². The topological polar surface area (TPSA) is 29.1 Å². The molecule has 0 radical (unpaired) electrons. The second kappa shape index (κ2) is 7.35. The van der Waals surface area contributed by atoms with Crippen LogP contribution in [0.4, 0.5) is 30.7 Å². The molecule has 1 rings (SSSR count). The Kier molecular flexibility index (Phi) is 6.24. The molecular formula is C14H16F7NO. The van der Waals surface area contributed by atoms with Crippen LogP contribution in [-0.2, 0) is 4.79 Å². The van der Waals surface area contributed by atoms with Gasteiger partial charge in [0.2, 0.25) is 5.91 Å². The van der Waals surface area contributed by atoms with Crippen LogP contribution in [0.3, 0.4) is 0 Å². The summed E-state index contributed by atoms with van der Waals surface area (Å²) >= 11 is 0. The Labute approximate surface area is 128 Å². The maximum Gasteiger partial charge on any atom is 0.418 e. The summed E-state index contributed by atoms with van der Waals surface area (Å²) in [6.45, 7) is 3.76. The number of halogens is 7. The molecule has 2 atom stereocenters. The number of nitrogens with one attached hydrogen (secondary N) is 1. The Balaban J connectivity index is 2.96. The number of rotatable bonds is 5. The summed E-state index contributed by atoms with van der Waals surface area (Å²) < 4.78 is 91.4. The monoisotopic (exact) mass is 347 g/mol. The van der Waals surface area contributed by atoms with Gasteiger partial charge in [0.1, 0.15) is 5.57 Å². The van der Waals surface area contributed by atoms with Gasteiger partial charge in [-0.1, -0.05) is 20.3 Å². The van der Waals surface area contributed by atoms with Gasteiger partial charge in [-0.05, 0) is 12.3 Å². The Bertz CT molecular complexity index is 522. The van der Waals surface area contributed by atoms with Gasteiger partial charge in [0.25, 0.3) is 0 Å². The number of alkyl halides is 5. The number of carbonyl (C=O) groups excluding carboxylic acids is 1. The minimum atomic E-state index is -5.56. The van der Waals surface area contributed by atoms with Crippen LogP contribution >= 0.6 is 0 Å². The summed E-state index contributed by atoms with van der Waals surface area (Å²) in [5.74, 6) is -5.44. The highest BCUT2D eigenvalue weighted by Crippen LogP contribution is 2.42. The Morgan fingerprint density at radius 1 is 1.13 bits per heavy atom. The minimum absolute atomic E-state index is 0.171. The fourth-order valence-electron chi connectivity index (χ4n) is 2.06. The standard InChI is InChI=1S/C14H16F7NO/c1-6(2)4-3-5-7(23)22-13-11(17)9(15)8(14(19,20)21)10(16)12(13)18/h6,9,11H,3-5H2,1-2H3,(H,22,23). The third kappa shape index (κ3) is 4.71. The highest BCUT2D eigenvalue weighted by Gasteiger charge is 2.51. The number of allylic oxidation sites excluding steroid dienone is 4. The van der Waals surface area contributed by atoms with Crippen molar-refractivity contribution in [3.63, 3.8) is 0 Å². The van der Waals surface area contributed by atoms with E-state index in [-0.39, 0.29) is 12.3 Å². The average Bonchev–Trinajstić information content (AvgIpc) is 2.39. The zero-order valence-electron chi connectivity index (χ0n) is 12.4. The van der Waals surface area contributed by atoms with E-state index < -0.39 is 47.4 Å². The van der Waals surface area contributed by atoms with E-state index in [4.69, 9.17) is 0 Å². The maximum absolute atomic E-state index is 13.7. The molecule has 0 bridgehead atoms. The van der Waals surface area contributed by atoms with Gasteiger partial charge in [-0.3, -0.25) is 4.79 Å². The smallest absolute Gasteiger partial charge is 0.324 e. The van der Waals surface area contributed by atoms with Gasteiger partial charge in [-0.2, -0.15) is 13.2 Å². The third-order valence-electron chi connectivity index (χ3n) is 3.24. The first-order chi connectivity index (χ1) is 10.5. The van der Waals surface area contributed by atoms with Crippen molar-refractivity contribution in [2.45, 2.75) is 51.6 Å². The average molecular weight is 347 g/mol. The lowest BCUT2D eigenvalue weighted by atomic mass is 9.96. The summed E-state index contributed by atoms with van der Waals surface area (Å²) in [6.07, 6.45) is -11.3. The zero-order valence-corrected chi connectivity index (χ0v) is 12.4. The molecule has 9 heteroatoms. The lowest BCUT2D eigenvalue weighted by Crippen LogP contribution is -2.40. The Hall–Kier alpha value is -1.54. The molecule has 0 aromatic carbocycles. The van der Waals surface area contributed by atoms with Gasteiger partial charge in [0.15, 0.2) is 24.0 Å². The summed E-state index contributed by atoms with van der Waals surface area (Å²) in [4.78, 5) is 11.5. The Morgan fingerprint density at radius 3 is 2.17 bits per heavy atom. The van der Waals surface area contributed by atoms with E-state index in [0.29, 0.717) is 12.8 Å². The molecule has 0 aliphatic heterocycles. The van der Waals surface area contributed by atoms with Crippen molar-refractivity contribution in [3.05, 3.63) is 22.9 Å². The molecule has 132 valence electrons. The third-order valence-corrected chi connectivity index (χ3v) is 3.24. The van der Waals surface area contributed by atoms with Crippen molar-refractivity contribution >= 4 is 5.91 Å². The number of amides is 1. The van der Waals surface area contributed by atoms with E-state index in [1.54, 1.807) is 5.32 Å². The molecule has 2 unspecified atom stereocenters. The van der Waals surface area contributed by atoms with Gasteiger partial charge in [-0.25, -0.2) is 17.6 Å². The Morgan fingerprint density at radius 2 is 1.70 bits per heavy atom. The van der Waals surface area contributed by atoms with Gasteiger partial charge in [-0.15, -0.1) is 0 Å². The van der Waals surface area contributed by atoms with Crippen LogP contribution < -0.4 is 5.32 Å². The molecule has 1 amide bonds. The lowest BCUT2D eigenvalue weighted by molar-refractivity contribution is -0.121. The largest absolute Gasteiger partial charge is 0.418 e. The molecule has 0 saturated carbocycles. The zero-order chi connectivity index (χ0) is 17.9. The fourth-order valence-corrected chi connectivity index (χ4v) is 2.06. The lowest BCUT2D eigenvalue weighted by Gasteiger charge is -2.26. The second-order valence-electron chi connectivity index (χ2n) is 5.59. The van der Waals surface area contributed by atoms with Crippen LogP contribution in [0.1, 0.15) is 33.1 Å². The van der Waals surface area contributed by atoms with Crippen LogP contribution in [0.2, 0.25) is 0 Å². The first-order valence-electron chi connectivity index (χ1n) is 6.91. The van der Waals surface area contributed by atoms with E-state index in [0.717, 1.165) is 0 Å². The molecule has 0 fully saturated rings. The SMILES string of the molecule is CC(C)CCCC(=O)NC1=C(F)C(F)=C(C(F)(F)F)C(F)C1F. The molecule has 0 aromatic heterocycles. The van der Waals surface area contributed by atoms with E-state index in [2.05, 4.69) is 0 Å². The molecule has 0 aromatic rings. The summed E-state index contributed by atoms with van der Waals surface area (Å²) in [7, 11) is 0. The van der Waals surface area contributed by atoms with E-state index in [1.165, 1.54) is 0 Å². The van der Waals surface area contributed by atoms with Crippen molar-refractivity contribution in [2.75, 3.05) is 0 Å². The molecule has 23 heavy (non-hydrogen) atoms. The number of hydrogen-bond donors (Lipinski definition) is 1. The predicted molar refractivity (Wildman–Crippen MR) is 68.9 cm³/mol. The van der Waals surface area contributed by atoms with E-state index in [1.807, 2.05) is 13.8 Å². The predicted octanol–water partition coefficient (Wildman–Crippen LogP) is 4.59. The first-order valence-corrected chi connectivity index (χ1v) is 6.91. The molecule has 1 N–H and O–H groups in total. The molecule has 0 spiro atoms. The van der Waals surface area contributed by atoms with Crippen LogP contribution in [0.15, 0.2) is 22.9 Å². The molecule has 2 nitrogen and oxygen atoms in total. The highest BCUT2D eigenvalue weighted by molar-refractivity contribution is 5.78. The first kappa shape index (κ1) is 19.5. The van der Waals surface area contributed by atoms with Crippen molar-refractivity contribution < 1.29 is 35.5 Å². The number of hydrogen-bond acceptors (Lipinski definition) is 1. The van der Waals surface area contributed by atoms with Gasteiger partial charge >= 0.3 is 6.18 Å². The molecule has 0 heterocycles. The molecule has 1 aliphatic carbocycles. The normalized spacial score (nSPS) is 22.9. The fraction of sp³-hybridized carbons (Fsp3) is 0.643. The molecular weight excluding hydrogens is 331 g/mol. The van der Waals surface area contributed by atoms with Gasteiger partial charge in [0, 0.05) is 6.42 Å². The molecule has 0 saturated heterocycles. The van der Waals surface area contributed by atoms with Crippen molar-refractivity contribution in [1.29, 1.82) is 0 Å². The van der Waals surface area contributed by atoms with Crippen LogP contribution in [0.25, 0.3) is 0 Å². The van der Waals surface area contributed by atoms with Crippen molar-refractivity contribution in [3.8, 4) is 0 Å². The minimum Gasteiger partial charge on any atom is -0.324 e. The molecule has 1 aliphatic rings. The second-order valence-corrected chi connectivity index (χ2v) is 5.59. The highest BCUT2D eigenvalue weighted by atomic mass is 19.4. The van der Waals surface area contributed by atoms with E-state index >= 15 is 0 Å². The van der Waals surface area contributed by atoms with Crippen molar-refractivity contribution in [2.24, 2.45) is 5.92 Å². The van der Waals surface area contributed by atoms with Crippen LogP contribution in [0, 0.1) is 5.92 Å². The van der Waals surface area contributed by atoms with Crippen LogP contribution in [-0.4, -0.2) is 24.4 Å². The van der Waals surface area contributed by atoms with Gasteiger partial charge in [0.05, 0.1) is 5.70 Å². The summed E-state index contributed by atoms with van der Waals surface area (Å²) in [5, 5.41) is 1.63. The quantitative estimate of drug-likeness (QED) is 0.725. The van der Waals surface area contributed by atoms with Crippen molar-refractivity contribution in [1.82, 2.24) is 5.32 Å². The maximum atomic E-state index is 13.7. The van der Waals surface area contributed by atoms with Crippen LogP contribution in [0.5, 0.6) is 0 Å². The number of carbonyl (C=O) groups is 1. The van der Waals surface area contributed by atoms with Gasteiger partial charge < -0.3 is 5.32 Å².